The van der Waals surface area contributed by atoms with Crippen molar-refractivity contribution in [2.75, 3.05) is 5.32 Å². The van der Waals surface area contributed by atoms with Gasteiger partial charge in [0.25, 0.3) is 5.56 Å². The maximum absolute atomic E-state index is 12.3. The van der Waals surface area contributed by atoms with E-state index in [-0.39, 0.29) is 18.0 Å². The molecular formula is C17H20N6O2. The van der Waals surface area contributed by atoms with Gasteiger partial charge in [-0.3, -0.25) is 19.6 Å². The highest BCUT2D eigenvalue weighted by molar-refractivity contribution is 5.94. The summed E-state index contributed by atoms with van der Waals surface area (Å²) in [4.78, 5) is 31.3. The molecular weight excluding hydrogens is 320 g/mol. The number of carbonyl (C=O) groups is 1. The van der Waals surface area contributed by atoms with E-state index in [4.69, 9.17) is 0 Å². The van der Waals surface area contributed by atoms with Gasteiger partial charge in [0.1, 0.15) is 11.2 Å². The molecule has 0 aliphatic heterocycles. The third-order valence-electron chi connectivity index (χ3n) is 3.91. The van der Waals surface area contributed by atoms with Crippen molar-refractivity contribution in [3.8, 4) is 0 Å². The number of H-pyrrole nitrogens is 1. The highest BCUT2D eigenvalue weighted by Crippen LogP contribution is 2.10. The van der Waals surface area contributed by atoms with E-state index in [9.17, 15) is 9.59 Å². The minimum atomic E-state index is -0.451. The summed E-state index contributed by atoms with van der Waals surface area (Å²) >= 11 is 0. The molecule has 0 spiro atoms. The normalized spacial score (nSPS) is 12.3. The number of benzene rings is 1. The summed E-state index contributed by atoms with van der Waals surface area (Å²) < 4.78 is 1.54. The number of aryl methyl sites for hydroxylation is 2. The van der Waals surface area contributed by atoms with Crippen LogP contribution in [0.15, 0.2) is 35.3 Å². The molecule has 3 N–H and O–H groups in total. The van der Waals surface area contributed by atoms with Gasteiger partial charge < -0.3 is 10.3 Å². The molecule has 0 bridgehead atoms. The number of hydrogen-bond donors (Lipinski definition) is 3. The number of amides is 1. The maximum atomic E-state index is 12.3. The highest BCUT2D eigenvalue weighted by atomic mass is 16.2. The molecule has 1 atom stereocenters. The van der Waals surface area contributed by atoms with Crippen LogP contribution in [0.25, 0.3) is 11.0 Å². The fraction of sp³-hybridized carbons (Fsp3) is 0.294. The van der Waals surface area contributed by atoms with Gasteiger partial charge in [0, 0.05) is 12.7 Å². The Morgan fingerprint density at radius 2 is 2.20 bits per heavy atom. The number of hydrogen-bond acceptors (Lipinski definition) is 5. The first-order valence-corrected chi connectivity index (χ1v) is 7.96. The molecule has 25 heavy (non-hydrogen) atoms. The summed E-state index contributed by atoms with van der Waals surface area (Å²) in [6.45, 7) is 3.98. The van der Waals surface area contributed by atoms with Crippen molar-refractivity contribution in [3.63, 3.8) is 0 Å². The standard InChI is InChI=1S/C17H20N6O2/c1-10-5-4-6-12(7-10)20-16(24)11(2)18-9-14-21-15-13(17(25)22-14)8-19-23(15)3/h4-8,11,18H,9H2,1-3H3,(H,20,24)(H,21,22,25). The van der Waals surface area contributed by atoms with Crippen LogP contribution < -0.4 is 16.2 Å². The molecule has 0 fully saturated rings. The monoisotopic (exact) mass is 340 g/mol. The molecule has 3 rings (SSSR count). The van der Waals surface area contributed by atoms with Crippen LogP contribution >= 0.6 is 0 Å². The Bertz CT molecular complexity index is 975. The number of nitrogens with one attached hydrogen (secondary N) is 3. The van der Waals surface area contributed by atoms with Crippen molar-refractivity contribution < 1.29 is 4.79 Å². The third kappa shape index (κ3) is 3.74. The van der Waals surface area contributed by atoms with E-state index < -0.39 is 6.04 Å². The molecule has 1 aromatic carbocycles. The number of nitrogens with zero attached hydrogens (tertiary/aromatic N) is 3. The molecule has 0 radical (unpaired) electrons. The lowest BCUT2D eigenvalue weighted by atomic mass is 10.2. The Hall–Kier alpha value is -3.00. The van der Waals surface area contributed by atoms with E-state index in [1.807, 2.05) is 31.2 Å². The first kappa shape index (κ1) is 16.8. The molecule has 3 aromatic rings. The molecule has 0 aliphatic rings. The quantitative estimate of drug-likeness (QED) is 0.645. The lowest BCUT2D eigenvalue weighted by Crippen LogP contribution is -2.38. The summed E-state index contributed by atoms with van der Waals surface area (Å²) in [6, 6.07) is 7.15. The number of carbonyl (C=O) groups excluding carboxylic acids is 1. The maximum Gasteiger partial charge on any atom is 0.262 e. The van der Waals surface area contributed by atoms with Crippen LogP contribution in [0.4, 0.5) is 5.69 Å². The summed E-state index contributed by atoms with van der Waals surface area (Å²) in [5.41, 5.74) is 2.09. The minimum absolute atomic E-state index is 0.158. The van der Waals surface area contributed by atoms with Crippen molar-refractivity contribution in [3.05, 3.63) is 52.2 Å². The van der Waals surface area contributed by atoms with E-state index >= 15 is 0 Å². The van der Waals surface area contributed by atoms with Gasteiger partial charge in [-0.05, 0) is 31.5 Å². The molecule has 0 saturated carbocycles. The minimum Gasteiger partial charge on any atom is -0.325 e. The average Bonchev–Trinajstić information content (AvgIpc) is 2.94. The van der Waals surface area contributed by atoms with Crippen LogP contribution in [0.1, 0.15) is 18.3 Å². The van der Waals surface area contributed by atoms with Crippen molar-refractivity contribution in [2.45, 2.75) is 26.4 Å². The molecule has 130 valence electrons. The van der Waals surface area contributed by atoms with Crippen LogP contribution in [0, 0.1) is 6.92 Å². The topological polar surface area (TPSA) is 105 Å². The Labute approximate surface area is 144 Å². The smallest absolute Gasteiger partial charge is 0.262 e. The van der Waals surface area contributed by atoms with Crippen molar-refractivity contribution >= 4 is 22.6 Å². The molecule has 8 nitrogen and oxygen atoms in total. The molecule has 0 aliphatic carbocycles. The van der Waals surface area contributed by atoms with Crippen LogP contribution in [-0.4, -0.2) is 31.7 Å². The highest BCUT2D eigenvalue weighted by Gasteiger charge is 2.14. The summed E-state index contributed by atoms with van der Waals surface area (Å²) in [5, 5.41) is 10.4. The van der Waals surface area contributed by atoms with Crippen molar-refractivity contribution in [1.82, 2.24) is 25.1 Å². The van der Waals surface area contributed by atoms with Gasteiger partial charge in [-0.15, -0.1) is 0 Å². The lowest BCUT2D eigenvalue weighted by molar-refractivity contribution is -0.117. The zero-order valence-electron chi connectivity index (χ0n) is 14.3. The van der Waals surface area contributed by atoms with Crippen LogP contribution in [0.5, 0.6) is 0 Å². The summed E-state index contributed by atoms with van der Waals surface area (Å²) in [5.74, 6) is 0.297. The molecule has 2 heterocycles. The first-order valence-electron chi connectivity index (χ1n) is 7.96. The summed E-state index contributed by atoms with van der Waals surface area (Å²) in [7, 11) is 1.73. The number of rotatable bonds is 5. The second-order valence-corrected chi connectivity index (χ2v) is 5.98. The molecule has 0 saturated heterocycles. The summed E-state index contributed by atoms with van der Waals surface area (Å²) in [6.07, 6.45) is 1.48. The van der Waals surface area contributed by atoms with Gasteiger partial charge >= 0.3 is 0 Å². The van der Waals surface area contributed by atoms with Crippen LogP contribution in [-0.2, 0) is 18.4 Å². The predicted octanol–water partition coefficient (Wildman–Crippen LogP) is 1.08. The zero-order chi connectivity index (χ0) is 18.0. The van der Waals surface area contributed by atoms with E-state index in [1.165, 1.54) is 6.20 Å². The number of anilines is 1. The fourth-order valence-corrected chi connectivity index (χ4v) is 2.48. The molecule has 2 aromatic heterocycles. The molecule has 1 amide bonds. The van der Waals surface area contributed by atoms with Gasteiger partial charge in [-0.2, -0.15) is 5.10 Å². The van der Waals surface area contributed by atoms with Crippen LogP contribution in [0.3, 0.4) is 0 Å². The third-order valence-corrected chi connectivity index (χ3v) is 3.91. The largest absolute Gasteiger partial charge is 0.325 e. The Morgan fingerprint density at radius 3 is 2.96 bits per heavy atom. The van der Waals surface area contributed by atoms with E-state index in [0.717, 1.165) is 11.3 Å². The fourth-order valence-electron chi connectivity index (χ4n) is 2.48. The Kier molecular flexibility index (Phi) is 4.62. The Morgan fingerprint density at radius 1 is 1.40 bits per heavy atom. The van der Waals surface area contributed by atoms with Gasteiger partial charge in [0.15, 0.2) is 5.65 Å². The van der Waals surface area contributed by atoms with Crippen molar-refractivity contribution in [2.24, 2.45) is 7.05 Å². The first-order chi connectivity index (χ1) is 11.9. The second kappa shape index (κ2) is 6.86. The van der Waals surface area contributed by atoms with Crippen molar-refractivity contribution in [1.29, 1.82) is 0 Å². The lowest BCUT2D eigenvalue weighted by Gasteiger charge is -2.14. The van der Waals surface area contributed by atoms with Gasteiger partial charge in [-0.25, -0.2) is 4.98 Å². The molecule has 1 unspecified atom stereocenters. The average molecular weight is 340 g/mol. The van der Waals surface area contributed by atoms with Gasteiger partial charge in [-0.1, -0.05) is 12.1 Å². The van der Waals surface area contributed by atoms with Gasteiger partial charge in [0.2, 0.25) is 5.91 Å². The van der Waals surface area contributed by atoms with E-state index in [1.54, 1.807) is 18.7 Å². The Balaban J connectivity index is 1.65. The number of aromatic amines is 1. The van der Waals surface area contributed by atoms with Gasteiger partial charge in [0.05, 0.1) is 18.8 Å². The van der Waals surface area contributed by atoms with E-state index in [2.05, 4.69) is 25.7 Å². The molecule has 8 heteroatoms. The zero-order valence-corrected chi connectivity index (χ0v) is 14.3. The van der Waals surface area contributed by atoms with Crippen LogP contribution in [0.2, 0.25) is 0 Å². The number of fused-ring (bicyclic) bond motifs is 1. The number of aromatic nitrogens is 4. The van der Waals surface area contributed by atoms with E-state index in [0.29, 0.717) is 16.9 Å². The second-order valence-electron chi connectivity index (χ2n) is 5.98. The SMILES string of the molecule is Cc1cccc(NC(=O)C(C)NCc2nc3c(cnn3C)c(=O)[nH]2)c1. The predicted molar refractivity (Wildman–Crippen MR) is 95.2 cm³/mol.